The Balaban J connectivity index is 2.52. The fourth-order valence-corrected chi connectivity index (χ4v) is 3.01. The first kappa shape index (κ1) is 15.0. The molecule has 0 unspecified atom stereocenters. The number of hydrogen-bond donors (Lipinski definition) is 0. The first-order valence-corrected chi connectivity index (χ1v) is 7.63. The van der Waals surface area contributed by atoms with Crippen LogP contribution in [0.5, 0.6) is 0 Å². The molecule has 0 spiro atoms. The Morgan fingerprint density at radius 1 is 1.11 bits per heavy atom. The zero-order chi connectivity index (χ0) is 14.0. The highest BCUT2D eigenvalue weighted by atomic mass is 79.9. The molecule has 0 N–H and O–H groups in total. The maximum Gasteiger partial charge on any atom is 0.164 e. The molecule has 1 aromatic heterocycles. The number of nitrogens with zero attached hydrogens (tertiary/aromatic N) is 2. The molecule has 6 heteroatoms. The van der Waals surface area contributed by atoms with Crippen molar-refractivity contribution in [3.8, 4) is 11.4 Å². The van der Waals surface area contributed by atoms with Crippen LogP contribution in [0.2, 0.25) is 15.3 Å². The molecule has 0 saturated heterocycles. The van der Waals surface area contributed by atoms with Crippen LogP contribution < -0.4 is 0 Å². The Labute approximate surface area is 135 Å². The van der Waals surface area contributed by atoms with E-state index >= 15 is 0 Å². The van der Waals surface area contributed by atoms with E-state index in [4.69, 9.17) is 34.8 Å². The van der Waals surface area contributed by atoms with E-state index < -0.39 is 0 Å². The van der Waals surface area contributed by atoms with E-state index in [1.807, 2.05) is 19.1 Å². The number of hydrogen-bond acceptors (Lipinski definition) is 2. The SMILES string of the molecule is CCCc1c(Cl)nc(-c2ccc(Br)cc2Cl)nc1Cl. The fraction of sp³-hybridized carbons (Fsp3) is 0.231. The van der Waals surface area contributed by atoms with E-state index in [0.29, 0.717) is 26.7 Å². The van der Waals surface area contributed by atoms with Gasteiger partial charge in [0.15, 0.2) is 5.82 Å². The van der Waals surface area contributed by atoms with Crippen LogP contribution in [0.3, 0.4) is 0 Å². The molecule has 0 radical (unpaired) electrons. The number of halogens is 4. The zero-order valence-electron chi connectivity index (χ0n) is 10.1. The van der Waals surface area contributed by atoms with E-state index in [1.165, 1.54) is 0 Å². The Hall–Kier alpha value is -0.350. The number of benzene rings is 1. The van der Waals surface area contributed by atoms with Crippen molar-refractivity contribution < 1.29 is 0 Å². The third kappa shape index (κ3) is 3.40. The van der Waals surface area contributed by atoms with Gasteiger partial charge in [-0.1, -0.05) is 64.1 Å². The first-order valence-electron chi connectivity index (χ1n) is 5.70. The minimum absolute atomic E-state index is 0.385. The van der Waals surface area contributed by atoms with Gasteiger partial charge >= 0.3 is 0 Å². The van der Waals surface area contributed by atoms with Crippen molar-refractivity contribution in [3.63, 3.8) is 0 Å². The monoisotopic (exact) mass is 378 g/mol. The summed E-state index contributed by atoms with van der Waals surface area (Å²) in [7, 11) is 0. The minimum Gasteiger partial charge on any atom is -0.216 e. The lowest BCUT2D eigenvalue weighted by Gasteiger charge is -2.08. The average molecular weight is 380 g/mol. The normalized spacial score (nSPS) is 10.8. The minimum atomic E-state index is 0.385. The van der Waals surface area contributed by atoms with Crippen LogP contribution in [0.1, 0.15) is 18.9 Å². The summed E-state index contributed by atoms with van der Waals surface area (Å²) in [6, 6.07) is 5.47. The molecule has 1 aromatic carbocycles. The molecular formula is C13H10BrCl3N2. The Morgan fingerprint density at radius 2 is 1.74 bits per heavy atom. The highest BCUT2D eigenvalue weighted by molar-refractivity contribution is 9.10. The summed E-state index contributed by atoms with van der Waals surface area (Å²) in [5, 5.41) is 1.32. The summed E-state index contributed by atoms with van der Waals surface area (Å²) < 4.78 is 0.890. The van der Waals surface area contributed by atoms with Gasteiger partial charge in [0.05, 0.1) is 5.02 Å². The van der Waals surface area contributed by atoms with Gasteiger partial charge in [0.1, 0.15) is 10.3 Å². The van der Waals surface area contributed by atoms with Crippen molar-refractivity contribution in [2.75, 3.05) is 0 Å². The van der Waals surface area contributed by atoms with Crippen LogP contribution in [-0.4, -0.2) is 9.97 Å². The summed E-state index contributed by atoms with van der Waals surface area (Å²) in [6.45, 7) is 2.05. The van der Waals surface area contributed by atoms with E-state index in [-0.39, 0.29) is 0 Å². The lowest BCUT2D eigenvalue weighted by Crippen LogP contribution is -1.98. The van der Waals surface area contributed by atoms with Gasteiger partial charge in [-0.2, -0.15) is 0 Å². The molecule has 100 valence electrons. The van der Waals surface area contributed by atoms with Gasteiger partial charge in [0, 0.05) is 15.6 Å². The lowest BCUT2D eigenvalue weighted by atomic mass is 10.2. The van der Waals surface area contributed by atoms with Crippen LogP contribution >= 0.6 is 50.7 Å². The third-order valence-corrected chi connectivity index (χ3v) is 4.01. The molecule has 2 aromatic rings. The van der Waals surface area contributed by atoms with Crippen LogP contribution in [-0.2, 0) is 6.42 Å². The van der Waals surface area contributed by atoms with Crippen molar-refractivity contribution >= 4 is 50.7 Å². The molecular weight excluding hydrogens is 370 g/mol. The molecule has 2 rings (SSSR count). The second-order valence-electron chi connectivity index (χ2n) is 3.98. The summed E-state index contributed by atoms with van der Waals surface area (Å²) >= 11 is 21.8. The molecule has 1 heterocycles. The van der Waals surface area contributed by atoms with Gasteiger partial charge in [-0.25, -0.2) is 9.97 Å². The molecule has 0 amide bonds. The summed E-state index contributed by atoms with van der Waals surface area (Å²) in [4.78, 5) is 8.57. The second kappa shape index (κ2) is 6.40. The summed E-state index contributed by atoms with van der Waals surface area (Å²) in [5.74, 6) is 0.437. The maximum absolute atomic E-state index is 6.17. The van der Waals surface area contributed by atoms with E-state index in [0.717, 1.165) is 22.9 Å². The summed E-state index contributed by atoms with van der Waals surface area (Å²) in [6.07, 6.45) is 1.69. The van der Waals surface area contributed by atoms with Gasteiger partial charge in [-0.05, 0) is 24.6 Å². The van der Waals surface area contributed by atoms with Gasteiger partial charge < -0.3 is 0 Å². The highest BCUT2D eigenvalue weighted by Crippen LogP contribution is 2.31. The van der Waals surface area contributed by atoms with Gasteiger partial charge in [-0.3, -0.25) is 0 Å². The lowest BCUT2D eigenvalue weighted by molar-refractivity contribution is 0.903. The van der Waals surface area contributed by atoms with Crippen LogP contribution in [0.4, 0.5) is 0 Å². The van der Waals surface area contributed by atoms with Crippen LogP contribution in [0.15, 0.2) is 22.7 Å². The number of rotatable bonds is 3. The molecule has 0 aliphatic rings. The Kier molecular flexibility index (Phi) is 5.07. The molecule has 19 heavy (non-hydrogen) atoms. The smallest absolute Gasteiger partial charge is 0.164 e. The first-order chi connectivity index (χ1) is 9.02. The third-order valence-electron chi connectivity index (χ3n) is 2.58. The predicted octanol–water partition coefficient (Wildman–Crippen LogP) is 5.82. The largest absolute Gasteiger partial charge is 0.216 e. The molecule has 0 aliphatic heterocycles. The van der Waals surface area contributed by atoms with E-state index in [2.05, 4.69) is 25.9 Å². The number of aromatic nitrogens is 2. The molecule has 0 saturated carbocycles. The van der Waals surface area contributed by atoms with Crippen molar-refractivity contribution in [1.29, 1.82) is 0 Å². The standard InChI is InChI=1S/C13H10BrCl3N2/c1-2-3-9-11(16)18-13(19-12(9)17)8-5-4-7(14)6-10(8)15/h4-6H,2-3H2,1H3. The Bertz CT molecular complexity index is 594. The quantitative estimate of drug-likeness (QED) is 0.627. The average Bonchev–Trinajstić information content (AvgIpc) is 2.33. The van der Waals surface area contributed by atoms with E-state index in [1.54, 1.807) is 6.07 Å². The van der Waals surface area contributed by atoms with Gasteiger partial charge in [0.2, 0.25) is 0 Å². The topological polar surface area (TPSA) is 25.8 Å². The van der Waals surface area contributed by atoms with Gasteiger partial charge in [-0.15, -0.1) is 0 Å². The van der Waals surface area contributed by atoms with Crippen molar-refractivity contribution in [2.45, 2.75) is 19.8 Å². The van der Waals surface area contributed by atoms with Crippen molar-refractivity contribution in [1.82, 2.24) is 9.97 Å². The summed E-state index contributed by atoms with van der Waals surface area (Å²) in [5.41, 5.74) is 1.49. The van der Waals surface area contributed by atoms with Gasteiger partial charge in [0.25, 0.3) is 0 Å². The molecule has 0 aliphatic carbocycles. The molecule has 0 fully saturated rings. The van der Waals surface area contributed by atoms with Crippen LogP contribution in [0, 0.1) is 0 Å². The molecule has 0 bridgehead atoms. The van der Waals surface area contributed by atoms with Crippen molar-refractivity contribution in [3.05, 3.63) is 43.6 Å². The predicted molar refractivity (Wildman–Crippen MR) is 84.2 cm³/mol. The van der Waals surface area contributed by atoms with Crippen LogP contribution in [0.25, 0.3) is 11.4 Å². The molecule has 2 nitrogen and oxygen atoms in total. The fourth-order valence-electron chi connectivity index (χ4n) is 1.68. The van der Waals surface area contributed by atoms with Crippen molar-refractivity contribution in [2.24, 2.45) is 0 Å². The molecule has 0 atom stereocenters. The van der Waals surface area contributed by atoms with E-state index in [9.17, 15) is 0 Å². The highest BCUT2D eigenvalue weighted by Gasteiger charge is 2.14. The second-order valence-corrected chi connectivity index (χ2v) is 6.02. The Morgan fingerprint density at radius 3 is 2.26 bits per heavy atom. The zero-order valence-corrected chi connectivity index (χ0v) is 13.9. The maximum atomic E-state index is 6.17.